The first kappa shape index (κ1) is 21.6. The summed E-state index contributed by atoms with van der Waals surface area (Å²) >= 11 is 0. The molecule has 166 valence electrons. The molecule has 2 heterocycles. The number of amides is 1. The third-order valence-corrected chi connectivity index (χ3v) is 6.24. The lowest BCUT2D eigenvalue weighted by Gasteiger charge is -2.51. The second kappa shape index (κ2) is 8.15. The van der Waals surface area contributed by atoms with E-state index in [2.05, 4.69) is 0 Å². The first-order chi connectivity index (χ1) is 14.7. The third kappa shape index (κ3) is 4.39. The van der Waals surface area contributed by atoms with Crippen molar-refractivity contribution in [3.63, 3.8) is 0 Å². The Hall–Kier alpha value is -2.61. The number of carbonyl (C=O) groups excluding carboxylic acids is 1. The van der Waals surface area contributed by atoms with E-state index in [1.54, 1.807) is 4.90 Å². The van der Waals surface area contributed by atoms with Crippen LogP contribution in [0.1, 0.15) is 48.8 Å². The maximum absolute atomic E-state index is 14.1. The number of piperidine rings is 2. The van der Waals surface area contributed by atoms with E-state index in [1.165, 1.54) is 0 Å². The Morgan fingerprint density at radius 3 is 2.32 bits per heavy atom. The fourth-order valence-corrected chi connectivity index (χ4v) is 4.79. The van der Waals surface area contributed by atoms with Crippen molar-refractivity contribution in [2.24, 2.45) is 0 Å². The van der Waals surface area contributed by atoms with Crippen molar-refractivity contribution in [1.29, 1.82) is 0 Å². The van der Waals surface area contributed by atoms with Crippen LogP contribution in [0.25, 0.3) is 0 Å². The molecule has 2 saturated heterocycles. The lowest BCUT2D eigenvalue weighted by Crippen LogP contribution is -2.58. The Kier molecular flexibility index (Phi) is 5.68. The molecule has 0 spiro atoms. The molecule has 4 rings (SSSR count). The van der Waals surface area contributed by atoms with E-state index in [0.29, 0.717) is 18.9 Å². The minimum atomic E-state index is -4.80. The summed E-state index contributed by atoms with van der Waals surface area (Å²) in [4.78, 5) is 14.4. The summed E-state index contributed by atoms with van der Waals surface area (Å²) in [5.74, 6) is -1.41. The zero-order valence-corrected chi connectivity index (χ0v) is 16.7. The smallest absolute Gasteiger partial charge is 0.419 e. The summed E-state index contributed by atoms with van der Waals surface area (Å²) in [7, 11) is 0. The molecule has 2 bridgehead atoms. The average molecular weight is 437 g/mol. The minimum absolute atomic E-state index is 0.104. The van der Waals surface area contributed by atoms with Crippen molar-refractivity contribution >= 4 is 6.09 Å². The fourth-order valence-electron chi connectivity index (χ4n) is 4.79. The van der Waals surface area contributed by atoms with Crippen molar-refractivity contribution in [3.05, 3.63) is 71.0 Å². The molecule has 2 aliphatic rings. The number of carbonyl (C=O) groups is 1. The predicted octanol–water partition coefficient (Wildman–Crippen LogP) is 5.39. The summed E-state index contributed by atoms with van der Waals surface area (Å²) in [6.45, 7) is 0.129. The van der Waals surface area contributed by atoms with Gasteiger partial charge in [0.05, 0.1) is 11.2 Å². The van der Waals surface area contributed by atoms with Crippen LogP contribution in [0.5, 0.6) is 0 Å². The van der Waals surface area contributed by atoms with Crippen molar-refractivity contribution in [2.75, 3.05) is 0 Å². The number of aliphatic hydroxyl groups is 1. The van der Waals surface area contributed by atoms with Gasteiger partial charge in [-0.2, -0.15) is 13.2 Å². The van der Waals surface area contributed by atoms with Gasteiger partial charge in [0.15, 0.2) is 0 Å². The van der Waals surface area contributed by atoms with Gasteiger partial charge in [-0.1, -0.05) is 36.4 Å². The number of halogens is 4. The molecule has 8 heteroatoms. The number of nitrogens with zero attached hydrogens (tertiary/aromatic N) is 1. The van der Waals surface area contributed by atoms with Crippen LogP contribution in [0.2, 0.25) is 0 Å². The Labute approximate surface area is 177 Å². The van der Waals surface area contributed by atoms with Gasteiger partial charge in [-0.25, -0.2) is 9.18 Å². The molecular formula is C23H23F4NO3. The molecule has 2 fully saturated rings. The summed E-state index contributed by atoms with van der Waals surface area (Å²) in [6.07, 6.45) is -2.88. The van der Waals surface area contributed by atoms with Crippen LogP contribution in [0.4, 0.5) is 22.4 Å². The second-order valence-electron chi connectivity index (χ2n) is 8.32. The number of rotatable bonds is 3. The summed E-state index contributed by atoms with van der Waals surface area (Å²) in [5.41, 5.74) is -1.90. The van der Waals surface area contributed by atoms with Crippen LogP contribution in [-0.4, -0.2) is 28.2 Å². The van der Waals surface area contributed by atoms with E-state index in [1.807, 2.05) is 30.3 Å². The number of fused-ring (bicyclic) bond motifs is 2. The van der Waals surface area contributed by atoms with E-state index in [0.717, 1.165) is 24.1 Å². The molecule has 1 amide bonds. The molecule has 2 unspecified atom stereocenters. The molecule has 0 aliphatic carbocycles. The standard InChI is InChI=1S/C23H23F4NO3/c24-20-11-16(9-10-19(20)23(25,26)27)22(30)12-17-7-4-8-18(13-22)28(17)21(29)31-14-15-5-2-1-3-6-15/h1-3,5-6,9-11,17-18,30H,4,7-8,12-14H2. The van der Waals surface area contributed by atoms with Crippen LogP contribution in [0.15, 0.2) is 48.5 Å². The molecule has 2 aromatic rings. The van der Waals surface area contributed by atoms with Crippen LogP contribution in [-0.2, 0) is 23.1 Å². The fraction of sp³-hybridized carbons (Fsp3) is 0.435. The maximum atomic E-state index is 14.1. The predicted molar refractivity (Wildman–Crippen MR) is 104 cm³/mol. The van der Waals surface area contributed by atoms with Crippen molar-refractivity contribution in [2.45, 2.75) is 62.6 Å². The number of hydrogen-bond donors (Lipinski definition) is 1. The SMILES string of the molecule is O=C(OCc1ccccc1)N1C2CCCC1CC(O)(c1ccc(C(F)(F)F)c(F)c1)C2. The van der Waals surface area contributed by atoms with Gasteiger partial charge in [-0.05, 0) is 42.5 Å². The Bertz CT molecular complexity index is 934. The van der Waals surface area contributed by atoms with Crippen LogP contribution < -0.4 is 0 Å². The molecule has 2 aliphatic heterocycles. The van der Waals surface area contributed by atoms with Gasteiger partial charge >= 0.3 is 12.3 Å². The lowest BCUT2D eigenvalue weighted by molar-refractivity contribution is -0.140. The summed E-state index contributed by atoms with van der Waals surface area (Å²) < 4.78 is 58.2. The normalized spacial score (nSPS) is 25.9. The second-order valence-corrected chi connectivity index (χ2v) is 8.32. The highest BCUT2D eigenvalue weighted by atomic mass is 19.4. The quantitative estimate of drug-likeness (QED) is 0.656. The zero-order valence-electron chi connectivity index (χ0n) is 16.7. The van der Waals surface area contributed by atoms with E-state index in [4.69, 9.17) is 4.74 Å². The molecule has 31 heavy (non-hydrogen) atoms. The van der Waals surface area contributed by atoms with Crippen molar-refractivity contribution in [3.8, 4) is 0 Å². The van der Waals surface area contributed by atoms with Crippen LogP contribution in [0, 0.1) is 5.82 Å². The highest BCUT2D eigenvalue weighted by molar-refractivity contribution is 5.69. The maximum Gasteiger partial charge on any atom is 0.419 e. The molecule has 2 atom stereocenters. The number of benzene rings is 2. The van der Waals surface area contributed by atoms with E-state index in [9.17, 15) is 27.5 Å². The number of hydrogen-bond acceptors (Lipinski definition) is 3. The largest absolute Gasteiger partial charge is 0.445 e. The van der Waals surface area contributed by atoms with E-state index in [-0.39, 0.29) is 37.1 Å². The topological polar surface area (TPSA) is 49.8 Å². The third-order valence-electron chi connectivity index (χ3n) is 6.24. The average Bonchev–Trinajstić information content (AvgIpc) is 2.71. The first-order valence-electron chi connectivity index (χ1n) is 10.3. The van der Waals surface area contributed by atoms with Crippen molar-refractivity contribution in [1.82, 2.24) is 4.90 Å². The molecule has 4 nitrogen and oxygen atoms in total. The Morgan fingerprint density at radius 2 is 1.74 bits per heavy atom. The minimum Gasteiger partial charge on any atom is -0.445 e. The van der Waals surface area contributed by atoms with Crippen LogP contribution >= 0.6 is 0 Å². The number of alkyl halides is 3. The highest BCUT2D eigenvalue weighted by Crippen LogP contribution is 2.45. The van der Waals surface area contributed by atoms with E-state index < -0.39 is 29.3 Å². The molecule has 0 saturated carbocycles. The Morgan fingerprint density at radius 1 is 1.10 bits per heavy atom. The summed E-state index contributed by atoms with van der Waals surface area (Å²) in [5, 5.41) is 11.2. The lowest BCUT2D eigenvalue weighted by atomic mass is 9.72. The molecule has 0 aromatic heterocycles. The zero-order chi connectivity index (χ0) is 22.2. The van der Waals surface area contributed by atoms with Gasteiger partial charge in [0.25, 0.3) is 0 Å². The van der Waals surface area contributed by atoms with Gasteiger partial charge in [0, 0.05) is 24.9 Å². The molecule has 1 N–H and O–H groups in total. The van der Waals surface area contributed by atoms with Gasteiger partial charge in [-0.15, -0.1) is 0 Å². The molecule has 2 aromatic carbocycles. The van der Waals surface area contributed by atoms with Crippen molar-refractivity contribution < 1.29 is 32.2 Å². The van der Waals surface area contributed by atoms with Crippen LogP contribution in [0.3, 0.4) is 0 Å². The molecule has 0 radical (unpaired) electrons. The number of ether oxygens (including phenoxy) is 1. The van der Waals surface area contributed by atoms with Gasteiger partial charge in [-0.3, -0.25) is 0 Å². The van der Waals surface area contributed by atoms with E-state index >= 15 is 0 Å². The first-order valence-corrected chi connectivity index (χ1v) is 10.3. The van der Waals surface area contributed by atoms with Gasteiger partial charge < -0.3 is 14.7 Å². The highest BCUT2D eigenvalue weighted by Gasteiger charge is 2.49. The monoisotopic (exact) mass is 437 g/mol. The van der Waals surface area contributed by atoms with Gasteiger partial charge in [0.1, 0.15) is 12.4 Å². The molecular weight excluding hydrogens is 414 g/mol. The Balaban J connectivity index is 1.51. The summed E-state index contributed by atoms with van der Waals surface area (Å²) in [6, 6.07) is 11.2. The van der Waals surface area contributed by atoms with Gasteiger partial charge in [0.2, 0.25) is 0 Å².